The highest BCUT2D eigenvalue weighted by atomic mass is 16.5. The van der Waals surface area contributed by atoms with Gasteiger partial charge in [0.25, 0.3) is 0 Å². The molecule has 0 aliphatic carbocycles. The second-order valence-electron chi connectivity index (χ2n) is 3.74. The maximum atomic E-state index is 11.1. The quantitative estimate of drug-likeness (QED) is 0.719. The van der Waals surface area contributed by atoms with E-state index in [9.17, 15) is 9.59 Å². The average molecular weight is 255 g/mol. The fourth-order valence-corrected chi connectivity index (χ4v) is 1.42. The molecule has 1 aromatic rings. The average Bonchev–Trinajstić information content (AvgIpc) is 2.78. The Kier molecular flexibility index (Phi) is 5.38. The molecule has 0 aromatic carbocycles. The minimum Gasteiger partial charge on any atom is -0.475 e. The minimum atomic E-state index is -1.10. The van der Waals surface area contributed by atoms with Crippen LogP contribution in [0.15, 0.2) is 16.5 Å². The van der Waals surface area contributed by atoms with E-state index in [-0.39, 0.29) is 24.2 Å². The number of rotatable bonds is 7. The van der Waals surface area contributed by atoms with Crippen LogP contribution in [0.2, 0.25) is 0 Å². The van der Waals surface area contributed by atoms with Crippen LogP contribution in [0.25, 0.3) is 0 Å². The summed E-state index contributed by atoms with van der Waals surface area (Å²) in [6.07, 6.45) is 0.269. The predicted molar refractivity (Wildman–Crippen MR) is 63.3 cm³/mol. The monoisotopic (exact) mass is 255 g/mol. The number of esters is 1. The first-order valence-electron chi connectivity index (χ1n) is 5.76. The number of carbonyl (C=O) groups excluding carboxylic acids is 1. The van der Waals surface area contributed by atoms with Gasteiger partial charge in [-0.15, -0.1) is 0 Å². The molecular weight excluding hydrogens is 238 g/mol. The van der Waals surface area contributed by atoms with E-state index in [2.05, 4.69) is 5.32 Å². The molecular formula is C12H17NO5. The molecule has 1 rings (SSSR count). The number of nitrogens with one attached hydrogen (secondary N) is 1. The zero-order valence-corrected chi connectivity index (χ0v) is 10.4. The first kappa shape index (κ1) is 14.2. The lowest BCUT2D eigenvalue weighted by Gasteiger charge is -2.10. The van der Waals surface area contributed by atoms with Gasteiger partial charge < -0.3 is 19.6 Å². The van der Waals surface area contributed by atoms with Crippen LogP contribution < -0.4 is 5.32 Å². The predicted octanol–water partition coefficient (Wildman–Crippen LogP) is 1.58. The number of furan rings is 1. The molecule has 2 N–H and O–H groups in total. The van der Waals surface area contributed by atoms with Gasteiger partial charge in [-0.3, -0.25) is 4.79 Å². The van der Waals surface area contributed by atoms with E-state index in [4.69, 9.17) is 14.3 Å². The molecule has 0 aliphatic rings. The zero-order valence-electron chi connectivity index (χ0n) is 10.4. The molecule has 6 heteroatoms. The van der Waals surface area contributed by atoms with Gasteiger partial charge in [0, 0.05) is 6.54 Å². The van der Waals surface area contributed by atoms with Crippen LogP contribution in [0.1, 0.15) is 42.6 Å². The Morgan fingerprint density at radius 1 is 1.50 bits per heavy atom. The van der Waals surface area contributed by atoms with Crippen LogP contribution in [0.5, 0.6) is 0 Å². The standard InChI is InChI=1S/C12H17NO5/c1-3-17-11(14)6-7-13-8(2)9-4-5-10(18-9)12(15)16/h4-5,8,13H,3,6-7H2,1-2H3,(H,15,16). The van der Waals surface area contributed by atoms with E-state index in [1.165, 1.54) is 6.07 Å². The fourth-order valence-electron chi connectivity index (χ4n) is 1.42. The maximum absolute atomic E-state index is 11.1. The summed E-state index contributed by atoms with van der Waals surface area (Å²) in [6, 6.07) is 2.85. The van der Waals surface area contributed by atoms with Crippen molar-refractivity contribution in [3.05, 3.63) is 23.7 Å². The highest BCUT2D eigenvalue weighted by Crippen LogP contribution is 2.16. The summed E-state index contributed by atoms with van der Waals surface area (Å²) < 4.78 is 9.92. The molecule has 100 valence electrons. The van der Waals surface area contributed by atoms with E-state index < -0.39 is 5.97 Å². The topological polar surface area (TPSA) is 88.8 Å². The highest BCUT2D eigenvalue weighted by Gasteiger charge is 2.14. The van der Waals surface area contributed by atoms with E-state index in [0.29, 0.717) is 18.9 Å². The number of hydrogen-bond donors (Lipinski definition) is 2. The van der Waals surface area contributed by atoms with Crippen LogP contribution >= 0.6 is 0 Å². The van der Waals surface area contributed by atoms with E-state index in [1.54, 1.807) is 13.0 Å². The third kappa shape index (κ3) is 4.21. The summed E-state index contributed by atoms with van der Waals surface area (Å²) in [4.78, 5) is 21.7. The van der Waals surface area contributed by atoms with Gasteiger partial charge in [-0.25, -0.2) is 4.79 Å². The molecule has 0 saturated heterocycles. The summed E-state index contributed by atoms with van der Waals surface area (Å²) in [5.41, 5.74) is 0. The van der Waals surface area contributed by atoms with Crippen molar-refractivity contribution < 1.29 is 23.8 Å². The summed E-state index contributed by atoms with van der Waals surface area (Å²) >= 11 is 0. The third-order valence-electron chi connectivity index (χ3n) is 2.35. The first-order valence-corrected chi connectivity index (χ1v) is 5.76. The number of carboxylic acids is 1. The van der Waals surface area contributed by atoms with Gasteiger partial charge in [0.05, 0.1) is 19.1 Å². The van der Waals surface area contributed by atoms with Crippen LogP contribution in [0.3, 0.4) is 0 Å². The lowest BCUT2D eigenvalue weighted by Crippen LogP contribution is -2.22. The number of aromatic carboxylic acids is 1. The third-order valence-corrected chi connectivity index (χ3v) is 2.35. The second kappa shape index (κ2) is 6.80. The number of carboxylic acid groups (broad SMARTS) is 1. The van der Waals surface area contributed by atoms with Gasteiger partial charge >= 0.3 is 11.9 Å². The number of hydrogen-bond acceptors (Lipinski definition) is 5. The van der Waals surface area contributed by atoms with Crippen LogP contribution in [-0.4, -0.2) is 30.2 Å². The van der Waals surface area contributed by atoms with Crippen molar-refractivity contribution in [3.63, 3.8) is 0 Å². The second-order valence-corrected chi connectivity index (χ2v) is 3.74. The molecule has 1 aromatic heterocycles. The van der Waals surface area contributed by atoms with E-state index >= 15 is 0 Å². The molecule has 1 atom stereocenters. The maximum Gasteiger partial charge on any atom is 0.371 e. The lowest BCUT2D eigenvalue weighted by molar-refractivity contribution is -0.143. The smallest absolute Gasteiger partial charge is 0.371 e. The zero-order chi connectivity index (χ0) is 13.5. The SMILES string of the molecule is CCOC(=O)CCNC(C)c1ccc(C(=O)O)o1. The molecule has 0 spiro atoms. The highest BCUT2D eigenvalue weighted by molar-refractivity contribution is 5.84. The van der Waals surface area contributed by atoms with Crippen LogP contribution in [0, 0.1) is 0 Å². The lowest BCUT2D eigenvalue weighted by atomic mass is 10.2. The molecule has 0 saturated carbocycles. The Morgan fingerprint density at radius 3 is 2.78 bits per heavy atom. The van der Waals surface area contributed by atoms with E-state index in [1.807, 2.05) is 6.92 Å². The van der Waals surface area contributed by atoms with Crippen molar-refractivity contribution in [2.24, 2.45) is 0 Å². The summed E-state index contributed by atoms with van der Waals surface area (Å²) in [5.74, 6) is -0.928. The molecule has 0 aliphatic heterocycles. The van der Waals surface area contributed by atoms with Crippen molar-refractivity contribution in [2.45, 2.75) is 26.3 Å². The molecule has 0 fully saturated rings. The van der Waals surface area contributed by atoms with Gasteiger partial charge in [0.2, 0.25) is 5.76 Å². The van der Waals surface area contributed by atoms with Crippen molar-refractivity contribution in [1.82, 2.24) is 5.32 Å². The van der Waals surface area contributed by atoms with Gasteiger partial charge in [0.15, 0.2) is 0 Å². The molecule has 6 nitrogen and oxygen atoms in total. The van der Waals surface area contributed by atoms with Gasteiger partial charge in [-0.1, -0.05) is 0 Å². The number of carbonyl (C=O) groups is 2. The summed E-state index contributed by atoms with van der Waals surface area (Å²) in [5, 5.41) is 11.8. The first-order chi connectivity index (χ1) is 8.54. The molecule has 0 bridgehead atoms. The van der Waals surface area contributed by atoms with Gasteiger partial charge in [-0.2, -0.15) is 0 Å². The minimum absolute atomic E-state index is 0.0935. The summed E-state index contributed by atoms with van der Waals surface area (Å²) in [7, 11) is 0. The van der Waals surface area contributed by atoms with Crippen LogP contribution in [0.4, 0.5) is 0 Å². The molecule has 18 heavy (non-hydrogen) atoms. The fraction of sp³-hybridized carbons (Fsp3) is 0.500. The van der Waals surface area contributed by atoms with Gasteiger partial charge in [0.1, 0.15) is 5.76 Å². The van der Waals surface area contributed by atoms with E-state index in [0.717, 1.165) is 0 Å². The van der Waals surface area contributed by atoms with Gasteiger partial charge in [-0.05, 0) is 26.0 Å². The Labute approximate surface area is 105 Å². The Morgan fingerprint density at radius 2 is 2.22 bits per heavy atom. The molecule has 1 heterocycles. The Bertz CT molecular complexity index is 412. The Balaban J connectivity index is 2.38. The largest absolute Gasteiger partial charge is 0.475 e. The number of ether oxygens (including phenoxy) is 1. The van der Waals surface area contributed by atoms with Crippen molar-refractivity contribution in [2.75, 3.05) is 13.2 Å². The van der Waals surface area contributed by atoms with Crippen molar-refractivity contribution in [3.8, 4) is 0 Å². The van der Waals surface area contributed by atoms with Crippen molar-refractivity contribution >= 4 is 11.9 Å². The molecule has 0 amide bonds. The Hall–Kier alpha value is -1.82. The molecule has 0 radical (unpaired) electrons. The summed E-state index contributed by atoms with van der Waals surface area (Å²) in [6.45, 7) is 4.40. The normalized spacial score (nSPS) is 12.1. The van der Waals surface area contributed by atoms with Crippen LogP contribution in [-0.2, 0) is 9.53 Å². The van der Waals surface area contributed by atoms with Crippen molar-refractivity contribution in [1.29, 1.82) is 0 Å². The molecule has 1 unspecified atom stereocenters.